The first-order valence-corrected chi connectivity index (χ1v) is 9.26. The Morgan fingerprint density at radius 2 is 1.32 bits per heavy atom. The lowest BCUT2D eigenvalue weighted by Crippen LogP contribution is -2.46. The standard InChI is InChI=1S/C18H31NO2S/c1-12-10-13(2)15(4)16(14(12)3)22(20,21)19-18(8,9)11-17(5,6)7/h10,19H,11H2,1-9H3. The van der Waals surface area contributed by atoms with Crippen LogP contribution in [0.4, 0.5) is 0 Å². The second kappa shape index (κ2) is 5.97. The van der Waals surface area contributed by atoms with E-state index in [2.05, 4.69) is 25.5 Å². The van der Waals surface area contributed by atoms with Gasteiger partial charge in [-0.15, -0.1) is 0 Å². The molecule has 1 N–H and O–H groups in total. The quantitative estimate of drug-likeness (QED) is 0.891. The van der Waals surface area contributed by atoms with Gasteiger partial charge in [-0.05, 0) is 75.6 Å². The predicted molar refractivity (Wildman–Crippen MR) is 93.9 cm³/mol. The van der Waals surface area contributed by atoms with Crippen LogP contribution in [0.25, 0.3) is 0 Å². The van der Waals surface area contributed by atoms with Crippen molar-refractivity contribution < 1.29 is 8.42 Å². The summed E-state index contributed by atoms with van der Waals surface area (Å²) in [4.78, 5) is 0.437. The molecule has 22 heavy (non-hydrogen) atoms. The maximum absolute atomic E-state index is 13.0. The van der Waals surface area contributed by atoms with Crippen LogP contribution in [-0.4, -0.2) is 14.0 Å². The molecule has 0 aliphatic heterocycles. The molecule has 0 saturated carbocycles. The van der Waals surface area contributed by atoms with E-state index in [0.29, 0.717) is 4.90 Å². The molecule has 0 fully saturated rings. The highest BCUT2D eigenvalue weighted by Gasteiger charge is 2.32. The number of hydrogen-bond acceptors (Lipinski definition) is 2. The topological polar surface area (TPSA) is 46.2 Å². The van der Waals surface area contributed by atoms with Gasteiger partial charge in [0.2, 0.25) is 10.0 Å². The third kappa shape index (κ3) is 4.56. The molecule has 1 aromatic rings. The molecule has 0 radical (unpaired) electrons. The van der Waals surface area contributed by atoms with E-state index in [-0.39, 0.29) is 5.41 Å². The molecule has 0 bridgehead atoms. The fraction of sp³-hybridized carbons (Fsp3) is 0.667. The second-order valence-corrected chi connectivity index (χ2v) is 9.94. The average Bonchev–Trinajstić information content (AvgIpc) is 2.20. The van der Waals surface area contributed by atoms with E-state index < -0.39 is 15.6 Å². The maximum atomic E-state index is 13.0. The van der Waals surface area contributed by atoms with Gasteiger partial charge >= 0.3 is 0 Å². The average molecular weight is 326 g/mol. The van der Waals surface area contributed by atoms with E-state index >= 15 is 0 Å². The highest BCUT2D eigenvalue weighted by Crippen LogP contribution is 2.31. The van der Waals surface area contributed by atoms with Crippen LogP contribution in [0.1, 0.15) is 63.3 Å². The number of nitrogens with one attached hydrogen (secondary N) is 1. The Morgan fingerprint density at radius 3 is 1.68 bits per heavy atom. The molecule has 0 heterocycles. The van der Waals surface area contributed by atoms with Crippen LogP contribution in [0, 0.1) is 33.1 Å². The van der Waals surface area contributed by atoms with Crippen molar-refractivity contribution in [3.8, 4) is 0 Å². The van der Waals surface area contributed by atoms with Crippen molar-refractivity contribution in [2.45, 2.75) is 79.2 Å². The van der Waals surface area contributed by atoms with E-state index in [1.807, 2.05) is 47.6 Å². The molecular weight excluding hydrogens is 294 g/mol. The number of sulfonamides is 1. The van der Waals surface area contributed by atoms with Gasteiger partial charge in [0.05, 0.1) is 4.90 Å². The summed E-state index contributed by atoms with van der Waals surface area (Å²) in [6.45, 7) is 17.9. The maximum Gasteiger partial charge on any atom is 0.241 e. The molecule has 126 valence electrons. The van der Waals surface area contributed by atoms with Gasteiger partial charge < -0.3 is 0 Å². The minimum Gasteiger partial charge on any atom is -0.207 e. The van der Waals surface area contributed by atoms with E-state index in [0.717, 1.165) is 28.7 Å². The molecule has 0 aromatic heterocycles. The van der Waals surface area contributed by atoms with Crippen molar-refractivity contribution in [3.05, 3.63) is 28.3 Å². The highest BCUT2D eigenvalue weighted by molar-refractivity contribution is 7.89. The van der Waals surface area contributed by atoms with Crippen molar-refractivity contribution in [1.29, 1.82) is 0 Å². The van der Waals surface area contributed by atoms with Gasteiger partial charge in [-0.2, -0.15) is 0 Å². The Bertz CT molecular complexity index is 639. The normalized spacial score (nSPS) is 13.5. The lowest BCUT2D eigenvalue weighted by Gasteiger charge is -2.33. The zero-order valence-corrected chi connectivity index (χ0v) is 16.3. The molecule has 0 unspecified atom stereocenters. The van der Waals surface area contributed by atoms with Crippen LogP contribution in [0.3, 0.4) is 0 Å². The summed E-state index contributed by atoms with van der Waals surface area (Å²) in [5, 5.41) is 0. The minimum atomic E-state index is -3.55. The Labute approximate surface area is 136 Å². The van der Waals surface area contributed by atoms with Crippen molar-refractivity contribution in [1.82, 2.24) is 4.72 Å². The summed E-state index contributed by atoms with van der Waals surface area (Å²) in [6, 6.07) is 2.05. The Balaban J connectivity index is 3.33. The fourth-order valence-corrected chi connectivity index (χ4v) is 5.39. The van der Waals surface area contributed by atoms with Crippen LogP contribution in [0.2, 0.25) is 0 Å². The summed E-state index contributed by atoms with van der Waals surface area (Å²) in [6.07, 6.45) is 0.766. The van der Waals surface area contributed by atoms with Gasteiger partial charge in [0.1, 0.15) is 0 Å². The monoisotopic (exact) mass is 325 g/mol. The molecule has 0 aliphatic carbocycles. The lowest BCUT2D eigenvalue weighted by molar-refractivity contribution is 0.269. The number of rotatable bonds is 4. The van der Waals surface area contributed by atoms with Crippen LogP contribution in [-0.2, 0) is 10.0 Å². The molecule has 0 spiro atoms. The van der Waals surface area contributed by atoms with Crippen LogP contribution >= 0.6 is 0 Å². The van der Waals surface area contributed by atoms with E-state index in [9.17, 15) is 8.42 Å². The minimum absolute atomic E-state index is 0.0542. The summed E-state index contributed by atoms with van der Waals surface area (Å²) in [5.74, 6) is 0. The van der Waals surface area contributed by atoms with Gasteiger partial charge in [-0.1, -0.05) is 26.8 Å². The summed E-state index contributed by atoms with van der Waals surface area (Å²) < 4.78 is 28.9. The third-order valence-electron chi connectivity index (χ3n) is 3.95. The Morgan fingerprint density at radius 1 is 0.909 bits per heavy atom. The van der Waals surface area contributed by atoms with Crippen molar-refractivity contribution in [2.24, 2.45) is 5.41 Å². The molecule has 0 amide bonds. The summed E-state index contributed by atoms with van der Waals surface area (Å²) in [5.41, 5.74) is 3.25. The molecular formula is C18H31NO2S. The van der Waals surface area contributed by atoms with Crippen molar-refractivity contribution >= 4 is 10.0 Å². The first-order chi connectivity index (χ1) is 9.66. The van der Waals surface area contributed by atoms with E-state index in [4.69, 9.17) is 0 Å². The molecule has 4 heteroatoms. The van der Waals surface area contributed by atoms with Crippen LogP contribution in [0.15, 0.2) is 11.0 Å². The van der Waals surface area contributed by atoms with Crippen molar-refractivity contribution in [3.63, 3.8) is 0 Å². The summed E-state index contributed by atoms with van der Waals surface area (Å²) >= 11 is 0. The van der Waals surface area contributed by atoms with Crippen LogP contribution < -0.4 is 4.72 Å². The van der Waals surface area contributed by atoms with E-state index in [1.165, 1.54) is 0 Å². The van der Waals surface area contributed by atoms with Gasteiger partial charge in [0, 0.05) is 5.54 Å². The first-order valence-electron chi connectivity index (χ1n) is 7.78. The van der Waals surface area contributed by atoms with E-state index in [1.54, 1.807) is 0 Å². The molecule has 0 aliphatic rings. The molecule has 1 rings (SSSR count). The third-order valence-corrected chi connectivity index (χ3v) is 5.92. The van der Waals surface area contributed by atoms with Gasteiger partial charge in [-0.25, -0.2) is 13.1 Å². The molecule has 1 aromatic carbocycles. The summed E-state index contributed by atoms with van der Waals surface area (Å²) in [7, 11) is -3.55. The fourth-order valence-electron chi connectivity index (χ4n) is 3.36. The largest absolute Gasteiger partial charge is 0.241 e. The Kier molecular flexibility index (Phi) is 5.20. The first kappa shape index (κ1) is 19.2. The Hall–Kier alpha value is -0.870. The smallest absolute Gasteiger partial charge is 0.207 e. The van der Waals surface area contributed by atoms with Crippen molar-refractivity contribution in [2.75, 3.05) is 0 Å². The van der Waals surface area contributed by atoms with Crippen LogP contribution in [0.5, 0.6) is 0 Å². The van der Waals surface area contributed by atoms with Gasteiger partial charge in [-0.3, -0.25) is 0 Å². The number of aryl methyl sites for hydroxylation is 2. The lowest BCUT2D eigenvalue weighted by atomic mass is 9.82. The molecule has 3 nitrogen and oxygen atoms in total. The van der Waals surface area contributed by atoms with Gasteiger partial charge in [0.15, 0.2) is 0 Å². The molecule has 0 saturated heterocycles. The zero-order valence-electron chi connectivity index (χ0n) is 15.5. The number of hydrogen-bond donors (Lipinski definition) is 1. The predicted octanol–water partition coefficient (Wildman–Crippen LogP) is 4.41. The zero-order chi connectivity index (χ0) is 17.5. The molecule has 0 atom stereocenters. The van der Waals surface area contributed by atoms with Gasteiger partial charge in [0.25, 0.3) is 0 Å². The highest BCUT2D eigenvalue weighted by atomic mass is 32.2. The number of benzene rings is 1. The second-order valence-electron chi connectivity index (χ2n) is 8.32. The SMILES string of the molecule is Cc1cc(C)c(C)c(S(=O)(=O)NC(C)(C)CC(C)(C)C)c1C.